The lowest BCUT2D eigenvalue weighted by atomic mass is 10.1. The Hall–Kier alpha value is -2.06. The number of nitrogens with zero attached hydrogens (tertiary/aromatic N) is 2. The summed E-state index contributed by atoms with van der Waals surface area (Å²) in [7, 11) is 5.07. The zero-order valence-corrected chi connectivity index (χ0v) is 11.6. The fraction of sp³-hybridized carbons (Fsp3) is 0.429. The molecule has 0 saturated heterocycles. The Bertz CT molecular complexity index is 478. The third-order valence-electron chi connectivity index (χ3n) is 2.74. The first-order valence-corrected chi connectivity index (χ1v) is 6.06. The molecule has 0 aromatic heterocycles. The van der Waals surface area contributed by atoms with Crippen LogP contribution in [0.25, 0.3) is 0 Å². The summed E-state index contributed by atoms with van der Waals surface area (Å²) in [6, 6.07) is 7.39. The highest BCUT2D eigenvalue weighted by molar-refractivity contribution is 5.75. The van der Waals surface area contributed by atoms with Crippen molar-refractivity contribution >= 4 is 5.91 Å². The summed E-state index contributed by atoms with van der Waals surface area (Å²) in [5, 5.41) is 12.0. The van der Waals surface area contributed by atoms with Crippen molar-refractivity contribution in [2.45, 2.75) is 13.0 Å². The van der Waals surface area contributed by atoms with Crippen molar-refractivity contribution in [3.05, 3.63) is 29.3 Å². The standard InChI is InChI=1S/C14H19N3O2/c1-17(2)14(18)6-7-16-10-12-8-11(9-15)4-5-13(12)19-3/h4-5,8,16H,6-7,10H2,1-3H3. The lowest BCUT2D eigenvalue weighted by Crippen LogP contribution is -2.26. The SMILES string of the molecule is COc1ccc(C#N)cc1CNCCC(=O)N(C)C. The molecule has 0 spiro atoms. The van der Waals surface area contributed by atoms with E-state index in [0.29, 0.717) is 25.1 Å². The fourth-order valence-corrected chi connectivity index (χ4v) is 1.63. The number of ether oxygens (including phenoxy) is 1. The lowest BCUT2D eigenvalue weighted by Gasteiger charge is -2.12. The molecule has 102 valence electrons. The molecule has 0 atom stereocenters. The Morgan fingerprint density at radius 2 is 2.21 bits per heavy atom. The van der Waals surface area contributed by atoms with E-state index in [9.17, 15) is 4.79 Å². The average Bonchev–Trinajstić information content (AvgIpc) is 2.42. The second-order valence-corrected chi connectivity index (χ2v) is 4.35. The highest BCUT2D eigenvalue weighted by atomic mass is 16.5. The Kier molecular flexibility index (Phi) is 5.83. The molecule has 1 aromatic rings. The third kappa shape index (κ3) is 4.60. The fourth-order valence-electron chi connectivity index (χ4n) is 1.63. The van der Waals surface area contributed by atoms with Crippen LogP contribution >= 0.6 is 0 Å². The van der Waals surface area contributed by atoms with Gasteiger partial charge < -0.3 is 15.0 Å². The lowest BCUT2D eigenvalue weighted by molar-refractivity contribution is -0.128. The summed E-state index contributed by atoms with van der Waals surface area (Å²) in [5.74, 6) is 0.829. The van der Waals surface area contributed by atoms with Crippen LogP contribution in [0.3, 0.4) is 0 Å². The minimum absolute atomic E-state index is 0.0882. The van der Waals surface area contributed by atoms with Gasteiger partial charge in [0.15, 0.2) is 0 Å². The molecule has 0 bridgehead atoms. The summed E-state index contributed by atoms with van der Waals surface area (Å²) in [6.45, 7) is 1.16. The quantitative estimate of drug-likeness (QED) is 0.780. The molecule has 0 aliphatic carbocycles. The third-order valence-corrected chi connectivity index (χ3v) is 2.74. The minimum Gasteiger partial charge on any atom is -0.496 e. The van der Waals surface area contributed by atoms with E-state index >= 15 is 0 Å². The molecular formula is C14H19N3O2. The van der Waals surface area contributed by atoms with Crippen molar-refractivity contribution in [1.29, 1.82) is 5.26 Å². The van der Waals surface area contributed by atoms with Gasteiger partial charge in [0.1, 0.15) is 5.75 Å². The summed E-state index contributed by atoms with van der Waals surface area (Å²) in [6.07, 6.45) is 0.452. The normalized spacial score (nSPS) is 9.79. The van der Waals surface area contributed by atoms with E-state index in [0.717, 1.165) is 11.3 Å². The maximum absolute atomic E-state index is 11.4. The number of carbonyl (C=O) groups excluding carboxylic acids is 1. The predicted molar refractivity (Wildman–Crippen MR) is 72.7 cm³/mol. The molecular weight excluding hydrogens is 242 g/mol. The first-order valence-electron chi connectivity index (χ1n) is 6.06. The van der Waals surface area contributed by atoms with E-state index in [1.54, 1.807) is 44.3 Å². The van der Waals surface area contributed by atoms with E-state index in [1.807, 2.05) is 0 Å². The van der Waals surface area contributed by atoms with Crippen LogP contribution in [0, 0.1) is 11.3 Å². The molecule has 1 N–H and O–H groups in total. The van der Waals surface area contributed by atoms with E-state index in [1.165, 1.54) is 0 Å². The van der Waals surface area contributed by atoms with Crippen molar-refractivity contribution in [3.8, 4) is 11.8 Å². The van der Waals surface area contributed by atoms with Gasteiger partial charge in [-0.05, 0) is 18.2 Å². The monoisotopic (exact) mass is 261 g/mol. The average molecular weight is 261 g/mol. The first-order chi connectivity index (χ1) is 9.08. The molecule has 0 aliphatic rings. The number of hydrogen-bond donors (Lipinski definition) is 1. The van der Waals surface area contributed by atoms with Gasteiger partial charge in [-0.1, -0.05) is 0 Å². The maximum atomic E-state index is 11.4. The molecule has 5 heteroatoms. The number of benzene rings is 1. The smallest absolute Gasteiger partial charge is 0.223 e. The van der Waals surface area contributed by atoms with Crippen LogP contribution in [-0.2, 0) is 11.3 Å². The minimum atomic E-state index is 0.0882. The maximum Gasteiger partial charge on any atom is 0.223 e. The Labute approximate surface area is 113 Å². The van der Waals surface area contributed by atoms with Crippen molar-refractivity contribution in [3.63, 3.8) is 0 Å². The number of rotatable bonds is 6. The van der Waals surface area contributed by atoms with Crippen molar-refractivity contribution in [2.24, 2.45) is 0 Å². The van der Waals surface area contributed by atoms with Crippen molar-refractivity contribution < 1.29 is 9.53 Å². The van der Waals surface area contributed by atoms with Gasteiger partial charge in [0, 0.05) is 39.2 Å². The van der Waals surface area contributed by atoms with E-state index < -0.39 is 0 Å². The van der Waals surface area contributed by atoms with Gasteiger partial charge in [-0.3, -0.25) is 4.79 Å². The zero-order valence-electron chi connectivity index (χ0n) is 11.6. The molecule has 0 aliphatic heterocycles. The van der Waals surface area contributed by atoms with Gasteiger partial charge in [-0.15, -0.1) is 0 Å². The van der Waals surface area contributed by atoms with Crippen molar-refractivity contribution in [1.82, 2.24) is 10.2 Å². The number of carbonyl (C=O) groups is 1. The van der Waals surface area contributed by atoms with Crippen LogP contribution in [0.1, 0.15) is 17.5 Å². The van der Waals surface area contributed by atoms with Crippen LogP contribution < -0.4 is 10.1 Å². The van der Waals surface area contributed by atoms with E-state index in [-0.39, 0.29) is 5.91 Å². The molecule has 1 amide bonds. The first kappa shape index (κ1) is 15.0. The summed E-state index contributed by atoms with van der Waals surface area (Å²) < 4.78 is 5.24. The summed E-state index contributed by atoms with van der Waals surface area (Å²) in [4.78, 5) is 13.0. The van der Waals surface area contributed by atoms with E-state index in [2.05, 4.69) is 11.4 Å². The topological polar surface area (TPSA) is 65.4 Å². The second kappa shape index (κ2) is 7.39. The van der Waals surface area contributed by atoms with Crippen LogP contribution in [0.5, 0.6) is 5.75 Å². The Morgan fingerprint density at radius 1 is 1.47 bits per heavy atom. The van der Waals surface area contributed by atoms with Crippen molar-refractivity contribution in [2.75, 3.05) is 27.7 Å². The molecule has 19 heavy (non-hydrogen) atoms. The zero-order chi connectivity index (χ0) is 14.3. The number of amides is 1. The van der Waals surface area contributed by atoms with Gasteiger partial charge in [0.25, 0.3) is 0 Å². The Balaban J connectivity index is 2.53. The molecule has 1 aromatic carbocycles. The largest absolute Gasteiger partial charge is 0.496 e. The molecule has 1 rings (SSSR count). The molecule has 5 nitrogen and oxygen atoms in total. The van der Waals surface area contributed by atoms with Crippen LogP contribution in [0.2, 0.25) is 0 Å². The molecule has 0 radical (unpaired) electrons. The van der Waals surface area contributed by atoms with Crippen LogP contribution in [0.15, 0.2) is 18.2 Å². The Morgan fingerprint density at radius 3 is 2.79 bits per heavy atom. The van der Waals surface area contributed by atoms with Crippen LogP contribution in [0.4, 0.5) is 0 Å². The molecule has 0 saturated carbocycles. The summed E-state index contributed by atoms with van der Waals surface area (Å²) in [5.41, 5.74) is 1.51. The van der Waals surface area contributed by atoms with Gasteiger partial charge >= 0.3 is 0 Å². The van der Waals surface area contributed by atoms with Gasteiger partial charge in [-0.25, -0.2) is 0 Å². The summed E-state index contributed by atoms with van der Waals surface area (Å²) >= 11 is 0. The number of methoxy groups -OCH3 is 1. The highest BCUT2D eigenvalue weighted by Gasteiger charge is 2.06. The number of nitrogens with one attached hydrogen (secondary N) is 1. The molecule has 0 fully saturated rings. The highest BCUT2D eigenvalue weighted by Crippen LogP contribution is 2.19. The van der Waals surface area contributed by atoms with Crippen LogP contribution in [-0.4, -0.2) is 38.6 Å². The molecule has 0 unspecified atom stereocenters. The van der Waals surface area contributed by atoms with Gasteiger partial charge in [0.05, 0.1) is 18.7 Å². The predicted octanol–water partition coefficient (Wildman–Crippen LogP) is 1.13. The van der Waals surface area contributed by atoms with Gasteiger partial charge in [-0.2, -0.15) is 5.26 Å². The van der Waals surface area contributed by atoms with Gasteiger partial charge in [0.2, 0.25) is 5.91 Å². The van der Waals surface area contributed by atoms with E-state index in [4.69, 9.17) is 10.00 Å². The number of nitriles is 1. The second-order valence-electron chi connectivity index (χ2n) is 4.35. The number of hydrogen-bond acceptors (Lipinski definition) is 4. The molecule has 0 heterocycles.